The first-order valence-electron chi connectivity index (χ1n) is 6.62. The Morgan fingerprint density at radius 2 is 1.84 bits per heavy atom. The van der Waals surface area contributed by atoms with Crippen LogP contribution in [-0.4, -0.2) is 17.0 Å². The first kappa shape index (κ1) is 14.0. The number of nitrogens with zero attached hydrogens (tertiary/aromatic N) is 1. The number of hydrogen-bond acceptors (Lipinski definition) is 5. The number of nitro groups is 1. The van der Waals surface area contributed by atoms with Crippen molar-refractivity contribution in [3.8, 4) is 0 Å². The lowest BCUT2D eigenvalue weighted by Gasteiger charge is -2.19. The van der Waals surface area contributed by atoms with Crippen LogP contribution in [0.3, 0.4) is 0 Å². The van der Waals surface area contributed by atoms with Crippen LogP contribution in [0, 0.1) is 10.1 Å². The van der Waals surface area contributed by atoms with Gasteiger partial charge >= 0.3 is 11.0 Å². The molecule has 104 valence electrons. The van der Waals surface area contributed by atoms with Gasteiger partial charge in [-0.15, -0.1) is 0 Å². The molecule has 6 heteroatoms. The minimum Gasteiger partial charge on any atom is -0.458 e. The smallest absolute Gasteiger partial charge is 0.348 e. The second-order valence-electron chi connectivity index (χ2n) is 4.77. The molecule has 1 aromatic heterocycles. The van der Waals surface area contributed by atoms with E-state index in [0.717, 1.165) is 37.0 Å². The van der Waals surface area contributed by atoms with Crippen molar-refractivity contribution in [1.29, 1.82) is 0 Å². The standard InChI is InChI=1S/C13H17NO4S/c15-13(11-8-9-12(19-11)14(16)17)18-10-6-4-2-1-3-5-7-10/h8-10H,1-7H2. The molecule has 1 aliphatic rings. The Hall–Kier alpha value is -1.43. The predicted octanol–water partition coefficient (Wildman–Crippen LogP) is 3.93. The fourth-order valence-corrected chi connectivity index (χ4v) is 2.98. The molecule has 1 aromatic rings. The number of esters is 1. The van der Waals surface area contributed by atoms with Gasteiger partial charge in [-0.3, -0.25) is 10.1 Å². The summed E-state index contributed by atoms with van der Waals surface area (Å²) in [6.45, 7) is 0. The highest BCUT2D eigenvalue weighted by atomic mass is 32.1. The van der Waals surface area contributed by atoms with E-state index >= 15 is 0 Å². The van der Waals surface area contributed by atoms with Crippen molar-refractivity contribution >= 4 is 22.3 Å². The first-order chi connectivity index (χ1) is 9.16. The fourth-order valence-electron chi connectivity index (χ4n) is 2.28. The van der Waals surface area contributed by atoms with Crippen LogP contribution in [0.25, 0.3) is 0 Å². The Labute approximate surface area is 115 Å². The molecule has 5 nitrogen and oxygen atoms in total. The van der Waals surface area contributed by atoms with Gasteiger partial charge in [0.2, 0.25) is 0 Å². The predicted molar refractivity (Wildman–Crippen MR) is 72.5 cm³/mol. The van der Waals surface area contributed by atoms with Gasteiger partial charge in [-0.1, -0.05) is 30.6 Å². The molecule has 0 unspecified atom stereocenters. The Bertz CT molecular complexity index is 449. The number of hydrogen-bond donors (Lipinski definition) is 0. The molecule has 0 aromatic carbocycles. The molecule has 0 amide bonds. The molecule has 1 fully saturated rings. The zero-order chi connectivity index (χ0) is 13.7. The lowest BCUT2D eigenvalue weighted by atomic mass is 9.98. The highest BCUT2D eigenvalue weighted by Crippen LogP contribution is 2.26. The van der Waals surface area contributed by atoms with Gasteiger partial charge in [-0.2, -0.15) is 0 Å². The largest absolute Gasteiger partial charge is 0.458 e. The van der Waals surface area contributed by atoms with Crippen LogP contribution < -0.4 is 0 Å². The van der Waals surface area contributed by atoms with E-state index in [1.54, 1.807) is 0 Å². The molecule has 0 spiro atoms. The van der Waals surface area contributed by atoms with Crippen molar-refractivity contribution < 1.29 is 14.5 Å². The molecular weight excluding hydrogens is 266 g/mol. The summed E-state index contributed by atoms with van der Waals surface area (Å²) in [7, 11) is 0. The molecule has 2 rings (SSSR count). The second kappa shape index (κ2) is 6.65. The van der Waals surface area contributed by atoms with Gasteiger partial charge in [0.1, 0.15) is 11.0 Å². The van der Waals surface area contributed by atoms with Crippen LogP contribution in [0.1, 0.15) is 54.6 Å². The van der Waals surface area contributed by atoms with Gasteiger partial charge in [0.05, 0.1) is 4.92 Å². The molecule has 1 heterocycles. The van der Waals surface area contributed by atoms with Gasteiger partial charge in [0.15, 0.2) is 0 Å². The molecule has 0 radical (unpaired) electrons. The lowest BCUT2D eigenvalue weighted by Crippen LogP contribution is -2.18. The van der Waals surface area contributed by atoms with Crippen molar-refractivity contribution in [1.82, 2.24) is 0 Å². The Kier molecular flexibility index (Phi) is 4.90. The van der Waals surface area contributed by atoms with Crippen LogP contribution in [0.5, 0.6) is 0 Å². The maximum atomic E-state index is 11.9. The van der Waals surface area contributed by atoms with Crippen LogP contribution in [-0.2, 0) is 4.74 Å². The number of thiophene rings is 1. The number of rotatable bonds is 3. The molecule has 0 aliphatic heterocycles. The Morgan fingerprint density at radius 1 is 1.21 bits per heavy atom. The van der Waals surface area contributed by atoms with E-state index in [1.165, 1.54) is 31.4 Å². The highest BCUT2D eigenvalue weighted by Gasteiger charge is 2.20. The summed E-state index contributed by atoms with van der Waals surface area (Å²) < 4.78 is 5.45. The number of carbonyl (C=O) groups excluding carboxylic acids is 1. The Balaban J connectivity index is 1.93. The number of carbonyl (C=O) groups is 1. The maximum absolute atomic E-state index is 11.9. The Morgan fingerprint density at radius 3 is 2.42 bits per heavy atom. The van der Waals surface area contributed by atoms with E-state index in [2.05, 4.69) is 0 Å². The van der Waals surface area contributed by atoms with Gasteiger partial charge in [-0.25, -0.2) is 4.79 Å². The molecular formula is C13H17NO4S. The van der Waals surface area contributed by atoms with E-state index in [4.69, 9.17) is 4.74 Å². The molecule has 1 aliphatic carbocycles. The van der Waals surface area contributed by atoms with Crippen molar-refractivity contribution in [3.63, 3.8) is 0 Å². The minimum absolute atomic E-state index is 0.0235. The van der Waals surface area contributed by atoms with Crippen LogP contribution >= 0.6 is 11.3 Å². The molecule has 0 saturated heterocycles. The average Bonchev–Trinajstić information content (AvgIpc) is 2.82. The average molecular weight is 283 g/mol. The highest BCUT2D eigenvalue weighted by molar-refractivity contribution is 7.17. The van der Waals surface area contributed by atoms with Crippen molar-refractivity contribution in [3.05, 3.63) is 27.1 Å². The number of ether oxygens (including phenoxy) is 1. The monoisotopic (exact) mass is 283 g/mol. The maximum Gasteiger partial charge on any atom is 0.348 e. The normalized spacial score (nSPS) is 17.5. The summed E-state index contributed by atoms with van der Waals surface area (Å²) in [6.07, 6.45) is 7.59. The van der Waals surface area contributed by atoms with Gasteiger partial charge < -0.3 is 4.74 Å². The SMILES string of the molecule is O=C(OC1CCCCCCC1)c1ccc([N+](=O)[O-])s1. The third-order valence-electron chi connectivity index (χ3n) is 3.30. The third kappa shape index (κ3) is 4.02. The van der Waals surface area contributed by atoms with Crippen molar-refractivity contribution in [2.24, 2.45) is 0 Å². The van der Waals surface area contributed by atoms with E-state index in [0.29, 0.717) is 4.88 Å². The van der Waals surface area contributed by atoms with E-state index in [9.17, 15) is 14.9 Å². The zero-order valence-electron chi connectivity index (χ0n) is 10.7. The molecule has 19 heavy (non-hydrogen) atoms. The summed E-state index contributed by atoms with van der Waals surface area (Å²) in [4.78, 5) is 22.3. The lowest BCUT2D eigenvalue weighted by molar-refractivity contribution is -0.380. The van der Waals surface area contributed by atoms with E-state index < -0.39 is 10.9 Å². The van der Waals surface area contributed by atoms with Crippen LogP contribution in [0.4, 0.5) is 5.00 Å². The molecule has 0 atom stereocenters. The van der Waals surface area contributed by atoms with Crippen molar-refractivity contribution in [2.45, 2.75) is 51.0 Å². The second-order valence-corrected chi connectivity index (χ2v) is 5.83. The van der Waals surface area contributed by atoms with Crippen LogP contribution in [0.15, 0.2) is 12.1 Å². The van der Waals surface area contributed by atoms with E-state index in [1.807, 2.05) is 0 Å². The molecule has 1 saturated carbocycles. The zero-order valence-corrected chi connectivity index (χ0v) is 11.5. The summed E-state index contributed by atoms with van der Waals surface area (Å²) in [5.74, 6) is -0.427. The summed E-state index contributed by atoms with van der Waals surface area (Å²) in [5, 5.41) is 10.6. The van der Waals surface area contributed by atoms with Crippen LogP contribution in [0.2, 0.25) is 0 Å². The molecule has 0 N–H and O–H groups in total. The van der Waals surface area contributed by atoms with Gasteiger partial charge in [-0.05, 0) is 31.7 Å². The summed E-state index contributed by atoms with van der Waals surface area (Å²) in [6, 6.07) is 2.81. The quantitative estimate of drug-likeness (QED) is 0.479. The van der Waals surface area contributed by atoms with E-state index in [-0.39, 0.29) is 11.1 Å². The molecule has 0 bridgehead atoms. The van der Waals surface area contributed by atoms with Crippen molar-refractivity contribution in [2.75, 3.05) is 0 Å². The first-order valence-corrected chi connectivity index (χ1v) is 7.43. The third-order valence-corrected chi connectivity index (χ3v) is 4.32. The van der Waals surface area contributed by atoms with Gasteiger partial charge in [0.25, 0.3) is 0 Å². The summed E-state index contributed by atoms with van der Waals surface area (Å²) in [5.41, 5.74) is 0. The van der Waals surface area contributed by atoms with Gasteiger partial charge in [0, 0.05) is 6.07 Å². The minimum atomic E-state index is -0.489. The fraction of sp³-hybridized carbons (Fsp3) is 0.615. The topological polar surface area (TPSA) is 69.4 Å². The summed E-state index contributed by atoms with van der Waals surface area (Å²) >= 11 is 0.873.